The summed E-state index contributed by atoms with van der Waals surface area (Å²) in [5, 5.41) is 2.58. The number of Topliss-reactive ketones (excluding diaryl/α,β-unsaturated/α-hetero) is 1. The van der Waals surface area contributed by atoms with E-state index in [0.717, 1.165) is 0 Å². The van der Waals surface area contributed by atoms with Crippen molar-refractivity contribution in [3.8, 4) is 0 Å². The summed E-state index contributed by atoms with van der Waals surface area (Å²) < 4.78 is 13.4. The van der Waals surface area contributed by atoms with Crippen LogP contribution in [0.4, 0.5) is 10.1 Å². The van der Waals surface area contributed by atoms with E-state index in [1.165, 1.54) is 18.2 Å². The monoisotopic (exact) mass is 351 g/mol. The fraction of sp³-hybridized carbons (Fsp3) is 0.200. The van der Waals surface area contributed by atoms with Crippen LogP contribution in [0.25, 0.3) is 0 Å². The highest BCUT2D eigenvalue weighted by Crippen LogP contribution is 2.23. The number of alkyl halides is 1. The number of amides is 1. The highest BCUT2D eigenvalue weighted by atomic mass is 79.9. The minimum atomic E-state index is -0.462. The van der Waals surface area contributed by atoms with Gasteiger partial charge in [-0.25, -0.2) is 4.39 Å². The molecule has 0 aliphatic heterocycles. The van der Waals surface area contributed by atoms with Gasteiger partial charge in [-0.05, 0) is 34.1 Å². The van der Waals surface area contributed by atoms with Crippen molar-refractivity contribution in [3.63, 3.8) is 0 Å². The Labute approximate surface area is 109 Å². The second kappa shape index (κ2) is 6.10. The number of nitrogens with one attached hydrogen (secondary N) is 1. The van der Waals surface area contributed by atoms with E-state index in [4.69, 9.17) is 0 Å². The van der Waals surface area contributed by atoms with Gasteiger partial charge in [-0.15, -0.1) is 0 Å². The Morgan fingerprint density at radius 2 is 2.06 bits per heavy atom. The molecule has 0 fully saturated rings. The summed E-state index contributed by atoms with van der Waals surface area (Å²) in [6.07, 6.45) is -0.228. The lowest BCUT2D eigenvalue weighted by Crippen LogP contribution is -2.17. The lowest BCUT2D eigenvalue weighted by atomic mass is 10.2. The van der Waals surface area contributed by atoms with Crippen LogP contribution in [-0.4, -0.2) is 17.0 Å². The number of anilines is 1. The summed E-state index contributed by atoms with van der Waals surface area (Å²) in [5.41, 5.74) is 0.312. The topological polar surface area (TPSA) is 46.2 Å². The molecule has 1 N–H and O–H groups in total. The fourth-order valence-corrected chi connectivity index (χ4v) is 1.56. The molecule has 6 heteroatoms. The molecule has 1 aromatic rings. The lowest BCUT2D eigenvalue weighted by molar-refractivity contribution is -0.123. The molecule has 0 bridgehead atoms. The van der Waals surface area contributed by atoms with Crippen LogP contribution in [0, 0.1) is 5.82 Å². The van der Waals surface area contributed by atoms with Crippen molar-refractivity contribution in [2.24, 2.45) is 0 Å². The van der Waals surface area contributed by atoms with E-state index in [0.29, 0.717) is 10.2 Å². The molecule has 0 aromatic heterocycles. The summed E-state index contributed by atoms with van der Waals surface area (Å²) in [6, 6.07) is 3.93. The van der Waals surface area contributed by atoms with Crippen LogP contribution >= 0.6 is 31.9 Å². The molecule has 1 aromatic carbocycles. The van der Waals surface area contributed by atoms with Gasteiger partial charge in [0.25, 0.3) is 0 Å². The number of benzene rings is 1. The van der Waals surface area contributed by atoms with Crippen molar-refractivity contribution in [2.45, 2.75) is 6.42 Å². The molecule has 0 atom stereocenters. The second-order valence-electron chi connectivity index (χ2n) is 3.02. The van der Waals surface area contributed by atoms with Crippen LogP contribution in [0.15, 0.2) is 22.7 Å². The van der Waals surface area contributed by atoms with Crippen molar-refractivity contribution < 1.29 is 14.0 Å². The van der Waals surface area contributed by atoms with E-state index in [2.05, 4.69) is 37.2 Å². The summed E-state index contributed by atoms with van der Waals surface area (Å²) >= 11 is 6.12. The van der Waals surface area contributed by atoms with Crippen LogP contribution in [0.5, 0.6) is 0 Å². The number of carbonyl (C=O) groups is 2. The SMILES string of the molecule is O=C(CBr)CC(=O)Nc1cc(F)ccc1Br. The van der Waals surface area contributed by atoms with Gasteiger partial charge in [0.2, 0.25) is 5.91 Å². The number of ketones is 1. The second-order valence-corrected chi connectivity index (χ2v) is 4.44. The molecule has 0 heterocycles. The normalized spacial score (nSPS) is 9.94. The van der Waals surface area contributed by atoms with Gasteiger partial charge in [-0.1, -0.05) is 15.9 Å². The van der Waals surface area contributed by atoms with E-state index in [1.54, 1.807) is 0 Å². The Balaban J connectivity index is 2.69. The predicted octanol–water partition coefficient (Wildman–Crippen LogP) is 2.88. The van der Waals surface area contributed by atoms with Crippen LogP contribution in [0.1, 0.15) is 6.42 Å². The van der Waals surface area contributed by atoms with Crippen LogP contribution < -0.4 is 5.32 Å². The van der Waals surface area contributed by atoms with Crippen molar-refractivity contribution in [1.82, 2.24) is 0 Å². The molecular formula is C10H8Br2FNO2. The maximum atomic E-state index is 12.9. The van der Waals surface area contributed by atoms with Crippen molar-refractivity contribution in [3.05, 3.63) is 28.5 Å². The summed E-state index contributed by atoms with van der Waals surface area (Å²) in [7, 11) is 0. The highest BCUT2D eigenvalue weighted by Gasteiger charge is 2.10. The average molecular weight is 353 g/mol. The van der Waals surface area contributed by atoms with Gasteiger partial charge in [-0.3, -0.25) is 9.59 Å². The Morgan fingerprint density at radius 3 is 2.69 bits per heavy atom. The highest BCUT2D eigenvalue weighted by molar-refractivity contribution is 9.10. The zero-order valence-corrected chi connectivity index (χ0v) is 11.3. The zero-order valence-electron chi connectivity index (χ0n) is 8.10. The zero-order chi connectivity index (χ0) is 12.1. The van der Waals surface area contributed by atoms with Crippen molar-refractivity contribution in [1.29, 1.82) is 0 Å². The Bertz CT molecular complexity index is 423. The molecule has 0 saturated carbocycles. The summed E-state index contributed by atoms with van der Waals surface area (Å²) in [5.74, 6) is -1.15. The van der Waals surface area contributed by atoms with Gasteiger partial charge in [0.1, 0.15) is 5.82 Å². The van der Waals surface area contributed by atoms with Gasteiger partial charge in [0, 0.05) is 4.47 Å². The summed E-state index contributed by atoms with van der Waals surface area (Å²) in [4.78, 5) is 22.3. The van der Waals surface area contributed by atoms with Gasteiger partial charge < -0.3 is 5.32 Å². The first kappa shape index (κ1) is 13.3. The van der Waals surface area contributed by atoms with E-state index in [-0.39, 0.29) is 17.5 Å². The largest absolute Gasteiger partial charge is 0.325 e. The van der Waals surface area contributed by atoms with Crippen molar-refractivity contribution in [2.75, 3.05) is 10.6 Å². The number of halogens is 3. The maximum absolute atomic E-state index is 12.9. The lowest BCUT2D eigenvalue weighted by Gasteiger charge is -2.06. The van der Waals surface area contributed by atoms with Gasteiger partial charge in [0.15, 0.2) is 5.78 Å². The van der Waals surface area contributed by atoms with E-state index >= 15 is 0 Å². The molecule has 0 spiro atoms. The third-order valence-corrected chi connectivity index (χ3v) is 3.03. The quantitative estimate of drug-likeness (QED) is 0.669. The molecule has 0 saturated heterocycles. The number of carbonyl (C=O) groups excluding carboxylic acids is 2. The third-order valence-electron chi connectivity index (χ3n) is 1.71. The maximum Gasteiger partial charge on any atom is 0.231 e. The molecule has 1 amide bonds. The van der Waals surface area contributed by atoms with Gasteiger partial charge >= 0.3 is 0 Å². The fourth-order valence-electron chi connectivity index (χ4n) is 1.01. The van der Waals surface area contributed by atoms with Gasteiger partial charge in [-0.2, -0.15) is 0 Å². The standard InChI is InChI=1S/C10H8Br2FNO2/c11-5-7(15)4-10(16)14-9-3-6(13)1-2-8(9)12/h1-3H,4-5H2,(H,14,16). The Hall–Kier alpha value is -0.750. The molecule has 0 radical (unpaired) electrons. The first-order chi connectivity index (χ1) is 7.52. The van der Waals surface area contributed by atoms with Crippen LogP contribution in [0.3, 0.4) is 0 Å². The molecule has 16 heavy (non-hydrogen) atoms. The van der Waals surface area contributed by atoms with E-state index in [9.17, 15) is 14.0 Å². The molecule has 0 unspecified atom stereocenters. The van der Waals surface area contributed by atoms with Gasteiger partial charge in [0.05, 0.1) is 17.4 Å². The van der Waals surface area contributed by atoms with E-state index < -0.39 is 11.7 Å². The number of hydrogen-bond acceptors (Lipinski definition) is 2. The molecule has 0 aliphatic carbocycles. The predicted molar refractivity (Wildman–Crippen MR) is 66.1 cm³/mol. The third kappa shape index (κ3) is 4.02. The minimum Gasteiger partial charge on any atom is -0.325 e. The number of rotatable bonds is 4. The van der Waals surface area contributed by atoms with E-state index in [1.807, 2.05) is 0 Å². The van der Waals surface area contributed by atoms with Crippen molar-refractivity contribution >= 4 is 49.2 Å². The molecular weight excluding hydrogens is 345 g/mol. The Morgan fingerprint density at radius 1 is 1.38 bits per heavy atom. The Kier molecular flexibility index (Phi) is 5.08. The van der Waals surface area contributed by atoms with Crippen LogP contribution in [0.2, 0.25) is 0 Å². The number of hydrogen-bond donors (Lipinski definition) is 1. The smallest absolute Gasteiger partial charge is 0.231 e. The first-order valence-electron chi connectivity index (χ1n) is 4.35. The molecule has 86 valence electrons. The average Bonchev–Trinajstić information content (AvgIpc) is 2.23. The van der Waals surface area contributed by atoms with Crippen LogP contribution in [-0.2, 0) is 9.59 Å². The minimum absolute atomic E-state index is 0.130. The summed E-state index contributed by atoms with van der Waals surface area (Å²) in [6.45, 7) is 0. The first-order valence-corrected chi connectivity index (χ1v) is 6.27. The molecule has 3 nitrogen and oxygen atoms in total. The molecule has 0 aliphatic rings. The molecule has 1 rings (SSSR count).